The summed E-state index contributed by atoms with van der Waals surface area (Å²) in [5.41, 5.74) is 12.0. The van der Waals surface area contributed by atoms with Gasteiger partial charge in [0.15, 0.2) is 34.9 Å². The Labute approximate surface area is 348 Å². The SMILES string of the molecule is c1ccc(-c2ccc(-c3nc(-c4ccc(-c5ccccc5)cc4)nc(-c4cccc(-c5cccc(-c6nc(-c7ccccc7)nc(-c7ccccc7)n6)c5)c4)n3)cc2)cc1. The Kier molecular flexibility index (Phi) is 9.84. The number of aromatic nitrogens is 6. The average molecular weight is 769 g/mol. The van der Waals surface area contributed by atoms with E-state index < -0.39 is 0 Å². The second-order valence-corrected chi connectivity index (χ2v) is 14.4. The average Bonchev–Trinajstić information content (AvgIpc) is 3.35. The normalized spacial score (nSPS) is 11.0. The first kappa shape index (κ1) is 36.1. The summed E-state index contributed by atoms with van der Waals surface area (Å²) >= 11 is 0. The minimum absolute atomic E-state index is 0.588. The van der Waals surface area contributed by atoms with E-state index in [0.717, 1.165) is 66.8 Å². The van der Waals surface area contributed by atoms with Crippen LogP contribution in [0.4, 0.5) is 0 Å². The highest BCUT2D eigenvalue weighted by molar-refractivity contribution is 5.77. The third kappa shape index (κ3) is 7.73. The Morgan fingerprint density at radius 2 is 0.350 bits per heavy atom. The zero-order chi connectivity index (χ0) is 40.1. The lowest BCUT2D eigenvalue weighted by atomic mass is 10.00. The number of rotatable bonds is 9. The van der Waals surface area contributed by atoms with Gasteiger partial charge in [0.2, 0.25) is 0 Å². The maximum Gasteiger partial charge on any atom is 0.164 e. The van der Waals surface area contributed by atoms with Gasteiger partial charge in [-0.2, -0.15) is 0 Å². The lowest BCUT2D eigenvalue weighted by Crippen LogP contribution is -2.00. The Bertz CT molecular complexity index is 2890. The van der Waals surface area contributed by atoms with Crippen LogP contribution in [-0.2, 0) is 0 Å². The van der Waals surface area contributed by atoms with Gasteiger partial charge < -0.3 is 0 Å². The molecule has 2 heterocycles. The van der Waals surface area contributed by atoms with Crippen molar-refractivity contribution in [2.45, 2.75) is 0 Å². The molecule has 0 saturated carbocycles. The highest BCUT2D eigenvalue weighted by Crippen LogP contribution is 2.32. The Balaban J connectivity index is 1.04. The Morgan fingerprint density at radius 1 is 0.150 bits per heavy atom. The van der Waals surface area contributed by atoms with Crippen LogP contribution in [0.3, 0.4) is 0 Å². The van der Waals surface area contributed by atoms with Crippen LogP contribution in [0.15, 0.2) is 218 Å². The maximum absolute atomic E-state index is 5.09. The van der Waals surface area contributed by atoms with E-state index in [1.165, 1.54) is 0 Å². The molecular weight excluding hydrogens is 733 g/mol. The summed E-state index contributed by atoms with van der Waals surface area (Å²) in [5, 5.41) is 0. The highest BCUT2D eigenvalue weighted by atomic mass is 15.0. The van der Waals surface area contributed by atoms with Gasteiger partial charge in [0.05, 0.1) is 0 Å². The van der Waals surface area contributed by atoms with Crippen molar-refractivity contribution in [3.05, 3.63) is 218 Å². The molecule has 0 fully saturated rings. The van der Waals surface area contributed by atoms with Gasteiger partial charge in [-0.1, -0.05) is 206 Å². The second-order valence-electron chi connectivity index (χ2n) is 14.4. The first-order valence-corrected chi connectivity index (χ1v) is 19.9. The Hall–Kier alpha value is -8.22. The third-order valence-corrected chi connectivity index (χ3v) is 10.4. The van der Waals surface area contributed by atoms with Crippen LogP contribution in [0.1, 0.15) is 0 Å². The molecule has 0 aliphatic carbocycles. The van der Waals surface area contributed by atoms with E-state index >= 15 is 0 Å². The summed E-state index contributed by atoms with van der Waals surface area (Å²) in [6, 6.07) is 74.3. The summed E-state index contributed by atoms with van der Waals surface area (Å²) in [6.45, 7) is 0. The van der Waals surface area contributed by atoms with E-state index in [0.29, 0.717) is 34.9 Å². The number of hydrogen-bond donors (Lipinski definition) is 0. The molecule has 0 N–H and O–H groups in total. The molecule has 0 atom stereocenters. The van der Waals surface area contributed by atoms with Crippen molar-refractivity contribution in [3.8, 4) is 102 Å². The molecule has 0 spiro atoms. The van der Waals surface area contributed by atoms with Gasteiger partial charge in [0.25, 0.3) is 0 Å². The zero-order valence-corrected chi connectivity index (χ0v) is 32.5. The molecule has 6 heteroatoms. The highest BCUT2D eigenvalue weighted by Gasteiger charge is 2.16. The fourth-order valence-corrected chi connectivity index (χ4v) is 7.26. The molecule has 0 aliphatic heterocycles. The first-order chi connectivity index (χ1) is 29.7. The molecule has 6 nitrogen and oxygen atoms in total. The molecule has 60 heavy (non-hydrogen) atoms. The van der Waals surface area contributed by atoms with Crippen LogP contribution in [0.25, 0.3) is 102 Å². The van der Waals surface area contributed by atoms with Gasteiger partial charge in [-0.05, 0) is 45.5 Å². The van der Waals surface area contributed by atoms with Crippen LogP contribution in [0, 0.1) is 0 Å². The predicted octanol–water partition coefficient (Wildman–Crippen LogP) is 13.1. The van der Waals surface area contributed by atoms with Gasteiger partial charge in [0.1, 0.15) is 0 Å². The molecule has 0 aliphatic rings. The van der Waals surface area contributed by atoms with Crippen LogP contribution < -0.4 is 0 Å². The van der Waals surface area contributed by atoms with Crippen molar-refractivity contribution >= 4 is 0 Å². The molecule has 0 bridgehead atoms. The third-order valence-electron chi connectivity index (χ3n) is 10.4. The fraction of sp³-hybridized carbons (Fsp3) is 0. The van der Waals surface area contributed by atoms with Gasteiger partial charge in [-0.3, -0.25) is 0 Å². The molecule has 2 aromatic heterocycles. The van der Waals surface area contributed by atoms with Crippen molar-refractivity contribution in [2.75, 3.05) is 0 Å². The van der Waals surface area contributed by atoms with Gasteiger partial charge >= 0.3 is 0 Å². The predicted molar refractivity (Wildman–Crippen MR) is 242 cm³/mol. The summed E-state index contributed by atoms with van der Waals surface area (Å²) in [7, 11) is 0. The van der Waals surface area contributed by atoms with E-state index in [9.17, 15) is 0 Å². The van der Waals surface area contributed by atoms with Crippen molar-refractivity contribution in [3.63, 3.8) is 0 Å². The van der Waals surface area contributed by atoms with Crippen LogP contribution in [0.5, 0.6) is 0 Å². The van der Waals surface area contributed by atoms with Crippen LogP contribution >= 0.6 is 0 Å². The standard InChI is InChI=1S/C54H36N6/c1-5-15-37(16-6-1)39-27-31-43(32-28-39)51-56-52(44-33-29-40(30-34-44)38-17-7-2-8-18-38)60-54(59-51)48-26-14-24-46(36-48)45-23-13-25-47(35-45)53-57-49(41-19-9-3-10-20-41)55-50(58-53)42-21-11-4-12-22-42/h1-36H. The van der Waals surface area contributed by atoms with Crippen molar-refractivity contribution < 1.29 is 0 Å². The quantitative estimate of drug-likeness (QED) is 0.145. The van der Waals surface area contributed by atoms with Gasteiger partial charge in [-0.25, -0.2) is 29.9 Å². The summed E-state index contributed by atoms with van der Waals surface area (Å²) in [4.78, 5) is 30.1. The number of benzene rings is 8. The minimum Gasteiger partial charge on any atom is -0.208 e. The molecule has 0 unspecified atom stereocenters. The molecule has 0 amide bonds. The first-order valence-electron chi connectivity index (χ1n) is 19.9. The monoisotopic (exact) mass is 768 g/mol. The summed E-state index contributed by atoms with van der Waals surface area (Å²) < 4.78 is 0. The number of hydrogen-bond acceptors (Lipinski definition) is 6. The van der Waals surface area contributed by atoms with Crippen LogP contribution in [0.2, 0.25) is 0 Å². The summed E-state index contributed by atoms with van der Waals surface area (Å²) in [5.74, 6) is 3.64. The summed E-state index contributed by atoms with van der Waals surface area (Å²) in [6.07, 6.45) is 0. The van der Waals surface area contributed by atoms with Gasteiger partial charge in [0, 0.05) is 33.4 Å². The molecule has 10 aromatic rings. The molecular formula is C54H36N6. The van der Waals surface area contributed by atoms with Crippen molar-refractivity contribution in [1.29, 1.82) is 0 Å². The fourth-order valence-electron chi connectivity index (χ4n) is 7.26. The van der Waals surface area contributed by atoms with Crippen LogP contribution in [-0.4, -0.2) is 29.9 Å². The van der Waals surface area contributed by atoms with E-state index in [2.05, 4.69) is 127 Å². The Morgan fingerprint density at radius 3 is 0.667 bits per heavy atom. The minimum atomic E-state index is 0.588. The smallest absolute Gasteiger partial charge is 0.164 e. The van der Waals surface area contributed by atoms with Crippen molar-refractivity contribution in [2.24, 2.45) is 0 Å². The molecule has 0 radical (unpaired) electrons. The molecule has 0 saturated heterocycles. The van der Waals surface area contributed by atoms with E-state index in [1.54, 1.807) is 0 Å². The molecule has 8 aromatic carbocycles. The van der Waals surface area contributed by atoms with E-state index in [1.807, 2.05) is 91.0 Å². The van der Waals surface area contributed by atoms with E-state index in [4.69, 9.17) is 29.9 Å². The molecule has 282 valence electrons. The second kappa shape index (κ2) is 16.3. The zero-order valence-electron chi connectivity index (χ0n) is 32.5. The maximum atomic E-state index is 5.09. The largest absolute Gasteiger partial charge is 0.208 e. The lowest BCUT2D eigenvalue weighted by molar-refractivity contribution is 1.07. The molecule has 10 rings (SSSR count). The van der Waals surface area contributed by atoms with Gasteiger partial charge in [-0.15, -0.1) is 0 Å². The topological polar surface area (TPSA) is 77.3 Å². The number of nitrogens with zero attached hydrogens (tertiary/aromatic N) is 6. The van der Waals surface area contributed by atoms with E-state index in [-0.39, 0.29) is 0 Å². The van der Waals surface area contributed by atoms with Crippen molar-refractivity contribution in [1.82, 2.24) is 29.9 Å². The lowest BCUT2D eigenvalue weighted by Gasteiger charge is -2.11.